The van der Waals surface area contributed by atoms with E-state index < -0.39 is 17.8 Å². The van der Waals surface area contributed by atoms with Crippen molar-refractivity contribution in [2.45, 2.75) is 51.5 Å². The standard InChI is InChI=1S/C15H26N2O5/c1-10(2)12(14(19)20)16-13(18)11(3)17-6-4-15(5-7-17)21-8-9-22-15/h10-12H,4-9H2,1-3H3,(H,16,18)(H,19,20). The number of carbonyl (C=O) groups is 2. The second-order valence-corrected chi connectivity index (χ2v) is 6.39. The monoisotopic (exact) mass is 314 g/mol. The first kappa shape index (κ1) is 17.2. The predicted molar refractivity (Wildman–Crippen MR) is 79.3 cm³/mol. The Morgan fingerprint density at radius 3 is 2.14 bits per heavy atom. The summed E-state index contributed by atoms with van der Waals surface area (Å²) in [5, 5.41) is 11.8. The zero-order valence-electron chi connectivity index (χ0n) is 13.5. The number of nitrogens with zero attached hydrogens (tertiary/aromatic N) is 1. The molecular weight excluding hydrogens is 288 g/mol. The summed E-state index contributed by atoms with van der Waals surface area (Å²) in [6, 6.07) is -1.22. The van der Waals surface area contributed by atoms with Crippen molar-refractivity contribution >= 4 is 11.9 Å². The largest absolute Gasteiger partial charge is 0.480 e. The van der Waals surface area contributed by atoms with Gasteiger partial charge in [-0.15, -0.1) is 0 Å². The van der Waals surface area contributed by atoms with Crippen LogP contribution in [0.1, 0.15) is 33.6 Å². The summed E-state index contributed by atoms with van der Waals surface area (Å²) >= 11 is 0. The van der Waals surface area contributed by atoms with E-state index in [9.17, 15) is 9.59 Å². The Hall–Kier alpha value is -1.18. The predicted octanol–water partition coefficient (Wildman–Crippen LogP) is 0.439. The number of rotatable bonds is 5. The van der Waals surface area contributed by atoms with E-state index in [2.05, 4.69) is 5.32 Å². The third-order valence-corrected chi connectivity index (χ3v) is 4.53. The minimum atomic E-state index is -0.999. The van der Waals surface area contributed by atoms with Crippen LogP contribution in [0, 0.1) is 5.92 Å². The van der Waals surface area contributed by atoms with Crippen LogP contribution in [-0.2, 0) is 19.1 Å². The molecule has 22 heavy (non-hydrogen) atoms. The summed E-state index contributed by atoms with van der Waals surface area (Å²) in [4.78, 5) is 25.5. The first-order valence-electron chi connectivity index (χ1n) is 7.90. The highest BCUT2D eigenvalue weighted by Crippen LogP contribution is 2.31. The first-order valence-corrected chi connectivity index (χ1v) is 7.90. The molecule has 2 atom stereocenters. The van der Waals surface area contributed by atoms with Gasteiger partial charge in [0.25, 0.3) is 0 Å². The van der Waals surface area contributed by atoms with Gasteiger partial charge in [-0.25, -0.2) is 4.79 Å². The fraction of sp³-hybridized carbons (Fsp3) is 0.867. The van der Waals surface area contributed by atoms with Gasteiger partial charge in [-0.1, -0.05) is 13.8 Å². The second kappa shape index (κ2) is 6.93. The summed E-state index contributed by atoms with van der Waals surface area (Å²) in [6.07, 6.45) is 1.47. The van der Waals surface area contributed by atoms with Crippen molar-refractivity contribution < 1.29 is 24.2 Å². The van der Waals surface area contributed by atoms with Gasteiger partial charge in [0.1, 0.15) is 6.04 Å². The van der Waals surface area contributed by atoms with Gasteiger partial charge in [-0.3, -0.25) is 9.69 Å². The SMILES string of the molecule is CC(C)C(NC(=O)C(C)N1CCC2(CC1)OCCO2)C(=O)O. The van der Waals surface area contributed by atoms with Crippen molar-refractivity contribution in [1.29, 1.82) is 0 Å². The summed E-state index contributed by atoms with van der Waals surface area (Å²) in [5.41, 5.74) is 0. The number of hydrogen-bond donors (Lipinski definition) is 2. The number of likely N-dealkylation sites (tertiary alicyclic amines) is 1. The van der Waals surface area contributed by atoms with Crippen LogP contribution in [0.15, 0.2) is 0 Å². The minimum absolute atomic E-state index is 0.154. The van der Waals surface area contributed by atoms with Crippen molar-refractivity contribution in [2.75, 3.05) is 26.3 Å². The van der Waals surface area contributed by atoms with E-state index in [1.807, 2.05) is 11.8 Å². The molecular formula is C15H26N2O5. The van der Waals surface area contributed by atoms with E-state index in [-0.39, 0.29) is 17.9 Å². The molecule has 2 rings (SSSR count). The van der Waals surface area contributed by atoms with Gasteiger partial charge in [-0.2, -0.15) is 0 Å². The van der Waals surface area contributed by atoms with Crippen molar-refractivity contribution in [2.24, 2.45) is 5.92 Å². The number of aliphatic carboxylic acids is 1. The number of carboxylic acid groups (broad SMARTS) is 1. The molecule has 7 nitrogen and oxygen atoms in total. The highest BCUT2D eigenvalue weighted by Gasteiger charge is 2.41. The van der Waals surface area contributed by atoms with Crippen molar-refractivity contribution in [3.63, 3.8) is 0 Å². The van der Waals surface area contributed by atoms with Gasteiger partial charge in [0, 0.05) is 25.9 Å². The zero-order valence-corrected chi connectivity index (χ0v) is 13.5. The average molecular weight is 314 g/mol. The summed E-state index contributed by atoms with van der Waals surface area (Å²) in [7, 11) is 0. The molecule has 2 aliphatic heterocycles. The second-order valence-electron chi connectivity index (χ2n) is 6.39. The summed E-state index contributed by atoms with van der Waals surface area (Å²) < 4.78 is 11.3. The minimum Gasteiger partial charge on any atom is -0.480 e. The summed E-state index contributed by atoms with van der Waals surface area (Å²) in [5.74, 6) is -1.86. The number of nitrogens with one attached hydrogen (secondary N) is 1. The molecule has 126 valence electrons. The van der Waals surface area contributed by atoms with Gasteiger partial charge in [0.2, 0.25) is 5.91 Å². The quantitative estimate of drug-likeness (QED) is 0.765. The van der Waals surface area contributed by atoms with Gasteiger partial charge in [0.05, 0.1) is 19.3 Å². The van der Waals surface area contributed by atoms with E-state index >= 15 is 0 Å². The lowest BCUT2D eigenvalue weighted by atomic mass is 10.0. The van der Waals surface area contributed by atoms with E-state index in [4.69, 9.17) is 14.6 Å². The maximum atomic E-state index is 12.3. The molecule has 0 aromatic heterocycles. The van der Waals surface area contributed by atoms with Crippen molar-refractivity contribution in [3.8, 4) is 0 Å². The maximum absolute atomic E-state index is 12.3. The maximum Gasteiger partial charge on any atom is 0.326 e. The first-order chi connectivity index (χ1) is 10.3. The fourth-order valence-corrected chi connectivity index (χ4v) is 2.99. The molecule has 2 unspecified atom stereocenters. The molecule has 0 radical (unpaired) electrons. The van der Waals surface area contributed by atoms with Gasteiger partial charge in [0.15, 0.2) is 5.79 Å². The normalized spacial score (nSPS) is 24.4. The van der Waals surface area contributed by atoms with Gasteiger partial charge in [-0.05, 0) is 12.8 Å². The molecule has 2 saturated heterocycles. The lowest BCUT2D eigenvalue weighted by Crippen LogP contribution is -2.55. The average Bonchev–Trinajstić information content (AvgIpc) is 2.92. The summed E-state index contributed by atoms with van der Waals surface area (Å²) in [6.45, 7) is 8.03. The van der Waals surface area contributed by atoms with E-state index in [0.29, 0.717) is 26.3 Å². The lowest BCUT2D eigenvalue weighted by molar-refractivity contribution is -0.188. The fourth-order valence-electron chi connectivity index (χ4n) is 2.99. The molecule has 0 aromatic carbocycles. The Kier molecular flexibility index (Phi) is 5.41. The van der Waals surface area contributed by atoms with Crippen LogP contribution in [0.4, 0.5) is 0 Å². The number of ether oxygens (including phenoxy) is 2. The smallest absolute Gasteiger partial charge is 0.326 e. The van der Waals surface area contributed by atoms with Crippen LogP contribution in [0.25, 0.3) is 0 Å². The van der Waals surface area contributed by atoms with Crippen LogP contribution in [0.3, 0.4) is 0 Å². The Labute approximate surface area is 130 Å². The van der Waals surface area contributed by atoms with Crippen LogP contribution >= 0.6 is 0 Å². The van der Waals surface area contributed by atoms with Crippen LogP contribution in [0.5, 0.6) is 0 Å². The molecule has 2 N–H and O–H groups in total. The third kappa shape index (κ3) is 3.77. The van der Waals surface area contributed by atoms with Gasteiger partial charge < -0.3 is 19.9 Å². The Morgan fingerprint density at radius 1 is 1.14 bits per heavy atom. The molecule has 0 bridgehead atoms. The molecule has 0 aliphatic carbocycles. The molecule has 2 aliphatic rings. The van der Waals surface area contributed by atoms with Crippen LogP contribution in [0.2, 0.25) is 0 Å². The van der Waals surface area contributed by atoms with E-state index in [1.165, 1.54) is 0 Å². The molecule has 0 saturated carbocycles. The van der Waals surface area contributed by atoms with Gasteiger partial charge >= 0.3 is 5.97 Å². The molecule has 2 fully saturated rings. The molecule has 2 heterocycles. The third-order valence-electron chi connectivity index (χ3n) is 4.53. The Morgan fingerprint density at radius 2 is 1.68 bits per heavy atom. The Bertz CT molecular complexity index is 410. The van der Waals surface area contributed by atoms with Crippen LogP contribution < -0.4 is 5.32 Å². The topological polar surface area (TPSA) is 88.1 Å². The molecule has 7 heteroatoms. The zero-order chi connectivity index (χ0) is 16.3. The lowest BCUT2D eigenvalue weighted by Gasteiger charge is -2.40. The number of carboxylic acids is 1. The van der Waals surface area contributed by atoms with Crippen molar-refractivity contribution in [3.05, 3.63) is 0 Å². The van der Waals surface area contributed by atoms with E-state index in [0.717, 1.165) is 12.8 Å². The Balaban J connectivity index is 1.87. The number of piperidine rings is 1. The van der Waals surface area contributed by atoms with E-state index in [1.54, 1.807) is 13.8 Å². The molecule has 1 amide bonds. The number of amides is 1. The number of carbonyl (C=O) groups excluding carboxylic acids is 1. The number of hydrogen-bond acceptors (Lipinski definition) is 5. The van der Waals surface area contributed by atoms with Crippen LogP contribution in [-0.4, -0.2) is 66.1 Å². The molecule has 0 aromatic rings. The highest BCUT2D eigenvalue weighted by atomic mass is 16.7. The van der Waals surface area contributed by atoms with Crippen molar-refractivity contribution in [1.82, 2.24) is 10.2 Å². The molecule has 1 spiro atoms. The highest BCUT2D eigenvalue weighted by molar-refractivity contribution is 5.86.